The summed E-state index contributed by atoms with van der Waals surface area (Å²) in [6.45, 7) is 9.50. The van der Waals surface area contributed by atoms with Crippen molar-refractivity contribution in [3.05, 3.63) is 6.92 Å². The summed E-state index contributed by atoms with van der Waals surface area (Å²) < 4.78 is 0. The zero-order valence-corrected chi connectivity index (χ0v) is 5.57. The molecule has 1 atom stereocenters. The average Bonchev–Trinajstić information content (AvgIpc) is 1.33. The Balaban J connectivity index is 0. The van der Waals surface area contributed by atoms with Gasteiger partial charge >= 0.3 is 0 Å². The molecule has 0 aliphatic carbocycles. The number of hydrogen-bond acceptors (Lipinski definition) is 1. The molecule has 1 radical (unpaired) electrons. The van der Waals surface area contributed by atoms with E-state index in [1.807, 2.05) is 6.92 Å². The van der Waals surface area contributed by atoms with Crippen LogP contribution in [0, 0.1) is 6.92 Å². The molecule has 0 aliphatic rings. The van der Waals surface area contributed by atoms with Gasteiger partial charge in [0.1, 0.15) is 0 Å². The molecule has 0 amide bonds. The van der Waals surface area contributed by atoms with Crippen molar-refractivity contribution in [2.24, 2.45) is 5.73 Å². The average molecular weight is 102 g/mol. The Kier molecular flexibility index (Phi) is 13.4. The summed E-state index contributed by atoms with van der Waals surface area (Å²) in [4.78, 5) is 0. The van der Waals surface area contributed by atoms with E-state index in [0.29, 0.717) is 0 Å². The van der Waals surface area contributed by atoms with E-state index in [1.54, 1.807) is 0 Å². The van der Waals surface area contributed by atoms with E-state index in [4.69, 9.17) is 5.73 Å². The van der Waals surface area contributed by atoms with Crippen LogP contribution in [0.15, 0.2) is 0 Å². The van der Waals surface area contributed by atoms with Crippen LogP contribution in [-0.4, -0.2) is 6.04 Å². The number of hydrogen-bond donors (Lipinski definition) is 1. The highest BCUT2D eigenvalue weighted by Crippen LogP contribution is 1.57. The lowest BCUT2D eigenvalue weighted by atomic mass is 10.5. The zero-order valence-electron chi connectivity index (χ0n) is 5.57. The van der Waals surface area contributed by atoms with Crippen LogP contribution in [-0.2, 0) is 0 Å². The summed E-state index contributed by atoms with van der Waals surface area (Å²) in [7, 11) is 0. The molecular formula is C6H16N. The van der Waals surface area contributed by atoms with Gasteiger partial charge < -0.3 is 5.73 Å². The summed E-state index contributed by atoms with van der Waals surface area (Å²) in [6, 6.07) is 0.0833. The first-order valence-corrected chi connectivity index (χ1v) is 2.73. The molecular weight excluding hydrogens is 86.1 g/mol. The highest BCUT2D eigenvalue weighted by atomic mass is 14.6. The molecule has 1 heteroatoms. The van der Waals surface area contributed by atoms with E-state index in [9.17, 15) is 0 Å². The van der Waals surface area contributed by atoms with Crippen LogP contribution < -0.4 is 5.73 Å². The van der Waals surface area contributed by atoms with Gasteiger partial charge in [0.15, 0.2) is 0 Å². The van der Waals surface area contributed by atoms with E-state index >= 15 is 0 Å². The van der Waals surface area contributed by atoms with Crippen LogP contribution in [0.2, 0.25) is 0 Å². The van der Waals surface area contributed by atoms with Gasteiger partial charge in [-0.25, -0.2) is 0 Å². The van der Waals surface area contributed by atoms with Gasteiger partial charge in [0.2, 0.25) is 0 Å². The summed E-state index contributed by atoms with van der Waals surface area (Å²) in [5.41, 5.74) is 5.00. The van der Waals surface area contributed by atoms with Gasteiger partial charge in [-0.05, 0) is 13.8 Å². The third-order valence-corrected chi connectivity index (χ3v) is 0. The Labute approximate surface area is 46.9 Å². The minimum atomic E-state index is 0.0833. The topological polar surface area (TPSA) is 26.0 Å². The summed E-state index contributed by atoms with van der Waals surface area (Å²) in [5.74, 6) is 0. The van der Waals surface area contributed by atoms with Crippen LogP contribution >= 0.6 is 0 Å². The Morgan fingerprint density at radius 3 is 1.57 bits per heavy atom. The molecule has 2 N–H and O–H groups in total. The standard InChI is InChI=1S/C3H8N.C3H8/c1-3(2)4;1-3-2/h3H,1,4H2,2H3;3H2,1-2H3. The van der Waals surface area contributed by atoms with E-state index in [2.05, 4.69) is 20.8 Å². The Morgan fingerprint density at radius 2 is 1.57 bits per heavy atom. The maximum absolute atomic E-state index is 5.00. The second kappa shape index (κ2) is 9.35. The minimum absolute atomic E-state index is 0.0833. The van der Waals surface area contributed by atoms with E-state index in [0.717, 1.165) is 0 Å². The zero-order chi connectivity index (χ0) is 6.28. The van der Waals surface area contributed by atoms with E-state index in [1.165, 1.54) is 6.42 Å². The first-order chi connectivity index (χ1) is 3.15. The molecule has 0 rings (SSSR count). The third kappa shape index (κ3) is 58400. The molecule has 1 unspecified atom stereocenters. The van der Waals surface area contributed by atoms with Crippen molar-refractivity contribution in [2.45, 2.75) is 33.2 Å². The predicted octanol–water partition coefficient (Wildman–Crippen LogP) is 1.58. The van der Waals surface area contributed by atoms with E-state index in [-0.39, 0.29) is 6.04 Å². The Hall–Kier alpha value is -0.0400. The molecule has 0 aliphatic heterocycles. The lowest BCUT2D eigenvalue weighted by Crippen LogP contribution is -2.07. The minimum Gasteiger partial charge on any atom is -0.328 e. The van der Waals surface area contributed by atoms with E-state index < -0.39 is 0 Å². The molecule has 0 aromatic carbocycles. The molecule has 7 heavy (non-hydrogen) atoms. The first kappa shape index (κ1) is 10.0. The van der Waals surface area contributed by atoms with Gasteiger partial charge in [0.25, 0.3) is 0 Å². The molecule has 0 bridgehead atoms. The second-order valence-electron chi connectivity index (χ2n) is 1.68. The predicted molar refractivity (Wildman–Crippen MR) is 35.0 cm³/mol. The molecule has 0 aromatic heterocycles. The van der Waals surface area contributed by atoms with Crippen molar-refractivity contribution < 1.29 is 0 Å². The van der Waals surface area contributed by atoms with Gasteiger partial charge in [0, 0.05) is 6.04 Å². The summed E-state index contributed by atoms with van der Waals surface area (Å²) in [5, 5.41) is 0. The molecule has 1 nitrogen and oxygen atoms in total. The van der Waals surface area contributed by atoms with Crippen LogP contribution in [0.25, 0.3) is 0 Å². The van der Waals surface area contributed by atoms with Crippen molar-refractivity contribution in [1.29, 1.82) is 0 Å². The van der Waals surface area contributed by atoms with Crippen molar-refractivity contribution in [1.82, 2.24) is 0 Å². The highest BCUT2D eigenvalue weighted by molar-refractivity contribution is 4.49. The molecule has 45 valence electrons. The van der Waals surface area contributed by atoms with Gasteiger partial charge in [0.05, 0.1) is 0 Å². The maximum Gasteiger partial charge on any atom is 0.00110 e. The smallest absolute Gasteiger partial charge is 0.00110 e. The maximum atomic E-state index is 5.00. The van der Waals surface area contributed by atoms with Crippen molar-refractivity contribution >= 4 is 0 Å². The fraction of sp³-hybridized carbons (Fsp3) is 0.833. The molecule has 0 fully saturated rings. The largest absolute Gasteiger partial charge is 0.328 e. The number of rotatable bonds is 0. The first-order valence-electron chi connectivity index (χ1n) is 2.73. The van der Waals surface area contributed by atoms with Gasteiger partial charge in [-0.1, -0.05) is 20.3 Å². The Bertz CT molecular complexity index is 15.4. The normalized spacial score (nSPS) is 7.71. The van der Waals surface area contributed by atoms with Gasteiger partial charge in [-0.3, -0.25) is 0 Å². The van der Waals surface area contributed by atoms with Gasteiger partial charge in [-0.2, -0.15) is 0 Å². The second-order valence-corrected chi connectivity index (χ2v) is 1.68. The van der Waals surface area contributed by atoms with Crippen molar-refractivity contribution in [3.63, 3.8) is 0 Å². The van der Waals surface area contributed by atoms with Crippen LogP contribution in [0.5, 0.6) is 0 Å². The Morgan fingerprint density at radius 1 is 1.57 bits per heavy atom. The fourth-order valence-electron chi connectivity index (χ4n) is 0. The number of nitrogens with two attached hydrogens (primary N) is 1. The lowest BCUT2D eigenvalue weighted by molar-refractivity contribution is 0.923. The van der Waals surface area contributed by atoms with Crippen LogP contribution in [0.1, 0.15) is 27.2 Å². The fourth-order valence-corrected chi connectivity index (χ4v) is 0. The molecule has 0 spiro atoms. The summed E-state index contributed by atoms with van der Waals surface area (Å²) in [6.07, 6.45) is 1.25. The monoisotopic (exact) mass is 102 g/mol. The van der Waals surface area contributed by atoms with Crippen LogP contribution in [0.3, 0.4) is 0 Å². The molecule has 0 saturated carbocycles. The molecule has 0 heterocycles. The quantitative estimate of drug-likeness (QED) is 0.493. The van der Waals surface area contributed by atoms with Crippen LogP contribution in [0.4, 0.5) is 0 Å². The van der Waals surface area contributed by atoms with Gasteiger partial charge in [-0.15, -0.1) is 0 Å². The summed E-state index contributed by atoms with van der Waals surface area (Å²) >= 11 is 0. The lowest BCUT2D eigenvalue weighted by Gasteiger charge is -1.81. The highest BCUT2D eigenvalue weighted by Gasteiger charge is 1.67. The molecule has 0 aromatic rings. The third-order valence-electron chi connectivity index (χ3n) is 0. The van der Waals surface area contributed by atoms with Crippen molar-refractivity contribution in [2.75, 3.05) is 0 Å². The van der Waals surface area contributed by atoms with Crippen molar-refractivity contribution in [3.8, 4) is 0 Å². The molecule has 0 saturated heterocycles. The SMILES string of the molecule is CCC.[CH2]C(C)N.